The van der Waals surface area contributed by atoms with Gasteiger partial charge in [0.25, 0.3) is 0 Å². The minimum atomic E-state index is 0.560. The highest BCUT2D eigenvalue weighted by Gasteiger charge is 2.17. The number of ether oxygens (including phenoxy) is 1. The van der Waals surface area contributed by atoms with Crippen molar-refractivity contribution >= 4 is 34.1 Å². The minimum absolute atomic E-state index is 0.560. The van der Waals surface area contributed by atoms with Crippen molar-refractivity contribution in [2.45, 2.75) is 6.92 Å². The fourth-order valence-electron chi connectivity index (χ4n) is 2.40. The van der Waals surface area contributed by atoms with E-state index in [9.17, 15) is 0 Å². The molecule has 0 aliphatic rings. The molecular formula is C17H13Cl2NO. The molecule has 3 aromatic rings. The summed E-state index contributed by atoms with van der Waals surface area (Å²) < 4.78 is 5.38. The molecule has 21 heavy (non-hydrogen) atoms. The van der Waals surface area contributed by atoms with Gasteiger partial charge < -0.3 is 4.74 Å². The van der Waals surface area contributed by atoms with Crippen molar-refractivity contribution in [3.63, 3.8) is 0 Å². The molecule has 3 rings (SSSR count). The van der Waals surface area contributed by atoms with E-state index in [4.69, 9.17) is 32.9 Å². The van der Waals surface area contributed by atoms with Crippen LogP contribution >= 0.6 is 23.2 Å². The Balaban J connectivity index is 2.41. The van der Waals surface area contributed by atoms with Crippen LogP contribution in [0, 0.1) is 6.92 Å². The number of hydrogen-bond acceptors (Lipinski definition) is 2. The van der Waals surface area contributed by atoms with Crippen LogP contribution in [0.1, 0.15) is 5.56 Å². The molecule has 0 aliphatic heterocycles. The molecule has 0 N–H and O–H groups in total. The van der Waals surface area contributed by atoms with Crippen molar-refractivity contribution in [1.29, 1.82) is 0 Å². The molecule has 0 aliphatic carbocycles. The van der Waals surface area contributed by atoms with Crippen LogP contribution in [-0.2, 0) is 0 Å². The van der Waals surface area contributed by atoms with E-state index in [0.29, 0.717) is 21.3 Å². The third kappa shape index (κ3) is 2.35. The number of methoxy groups -OCH3 is 1. The summed E-state index contributed by atoms with van der Waals surface area (Å²) in [6.07, 6.45) is 0. The SMILES string of the molecule is COc1ccc(Cl)c2nc(-c3ccccc3)c(C)c(Cl)c12. The molecule has 1 heterocycles. The zero-order valence-corrected chi connectivity index (χ0v) is 13.2. The van der Waals surface area contributed by atoms with Crippen LogP contribution in [0.5, 0.6) is 5.75 Å². The zero-order chi connectivity index (χ0) is 15.0. The number of rotatable bonds is 2. The summed E-state index contributed by atoms with van der Waals surface area (Å²) in [5.74, 6) is 0.676. The van der Waals surface area contributed by atoms with Gasteiger partial charge in [0.2, 0.25) is 0 Å². The normalized spacial score (nSPS) is 10.9. The van der Waals surface area contributed by atoms with Crippen molar-refractivity contribution in [2.24, 2.45) is 0 Å². The van der Waals surface area contributed by atoms with E-state index in [1.54, 1.807) is 19.2 Å². The molecule has 0 radical (unpaired) electrons. The molecule has 0 bridgehead atoms. The monoisotopic (exact) mass is 317 g/mol. The van der Waals surface area contributed by atoms with Gasteiger partial charge in [0.15, 0.2) is 0 Å². The van der Waals surface area contributed by atoms with Gasteiger partial charge in [0, 0.05) is 5.56 Å². The Morgan fingerprint density at radius 2 is 1.71 bits per heavy atom. The van der Waals surface area contributed by atoms with Gasteiger partial charge in [0.05, 0.1) is 33.8 Å². The van der Waals surface area contributed by atoms with E-state index >= 15 is 0 Å². The predicted octanol–water partition coefficient (Wildman–Crippen LogP) is 5.53. The first-order valence-electron chi connectivity index (χ1n) is 6.51. The summed E-state index contributed by atoms with van der Waals surface area (Å²) in [4.78, 5) is 4.72. The van der Waals surface area contributed by atoms with Crippen molar-refractivity contribution in [3.8, 4) is 17.0 Å². The van der Waals surface area contributed by atoms with Crippen molar-refractivity contribution in [1.82, 2.24) is 4.98 Å². The van der Waals surface area contributed by atoms with E-state index in [2.05, 4.69) is 0 Å². The number of nitrogens with zero attached hydrogens (tertiary/aromatic N) is 1. The molecule has 0 amide bonds. The number of hydrogen-bond donors (Lipinski definition) is 0. The lowest BCUT2D eigenvalue weighted by molar-refractivity contribution is 0.420. The Kier molecular flexibility index (Phi) is 3.75. The van der Waals surface area contributed by atoms with E-state index < -0.39 is 0 Å². The standard InChI is InChI=1S/C17H13Cl2NO/c1-10-15(19)14-13(21-2)9-8-12(18)17(14)20-16(10)11-6-4-3-5-7-11/h3-9H,1-2H3. The fourth-order valence-corrected chi connectivity index (χ4v) is 2.87. The van der Waals surface area contributed by atoms with Gasteiger partial charge in [-0.2, -0.15) is 0 Å². The van der Waals surface area contributed by atoms with Gasteiger partial charge in [-0.1, -0.05) is 53.5 Å². The highest BCUT2D eigenvalue weighted by Crippen LogP contribution is 2.40. The summed E-state index contributed by atoms with van der Waals surface area (Å²) in [7, 11) is 1.61. The molecule has 0 atom stereocenters. The molecule has 106 valence electrons. The Bertz CT molecular complexity index is 816. The maximum absolute atomic E-state index is 6.56. The summed E-state index contributed by atoms with van der Waals surface area (Å²) in [5.41, 5.74) is 3.42. The van der Waals surface area contributed by atoms with Crippen LogP contribution in [0.3, 0.4) is 0 Å². The molecular weight excluding hydrogens is 305 g/mol. The van der Waals surface area contributed by atoms with Crippen LogP contribution in [0.2, 0.25) is 10.0 Å². The number of benzene rings is 2. The van der Waals surface area contributed by atoms with Crippen molar-refractivity contribution < 1.29 is 4.74 Å². The van der Waals surface area contributed by atoms with Gasteiger partial charge >= 0.3 is 0 Å². The van der Waals surface area contributed by atoms with Crippen molar-refractivity contribution in [2.75, 3.05) is 7.11 Å². The van der Waals surface area contributed by atoms with E-state index in [-0.39, 0.29) is 0 Å². The number of pyridine rings is 1. The minimum Gasteiger partial charge on any atom is -0.496 e. The second-order valence-electron chi connectivity index (χ2n) is 4.74. The van der Waals surface area contributed by atoms with Gasteiger partial charge in [-0.3, -0.25) is 0 Å². The summed E-state index contributed by atoms with van der Waals surface area (Å²) in [6, 6.07) is 13.5. The Morgan fingerprint density at radius 3 is 2.38 bits per heavy atom. The third-order valence-corrected chi connectivity index (χ3v) is 4.26. The molecule has 0 fully saturated rings. The smallest absolute Gasteiger partial charge is 0.129 e. The van der Waals surface area contributed by atoms with Crippen molar-refractivity contribution in [3.05, 3.63) is 58.1 Å². The lowest BCUT2D eigenvalue weighted by Crippen LogP contribution is -1.95. The molecule has 1 aromatic heterocycles. The predicted molar refractivity (Wildman–Crippen MR) is 88.5 cm³/mol. The first kappa shape index (κ1) is 14.2. The maximum Gasteiger partial charge on any atom is 0.129 e. The molecule has 2 aromatic carbocycles. The Labute approximate surface area is 133 Å². The lowest BCUT2D eigenvalue weighted by Gasteiger charge is -2.14. The number of fused-ring (bicyclic) bond motifs is 1. The number of aromatic nitrogens is 1. The van der Waals surface area contributed by atoms with E-state index in [1.807, 2.05) is 37.3 Å². The third-order valence-electron chi connectivity index (χ3n) is 3.49. The second kappa shape index (κ2) is 5.55. The molecule has 0 saturated heterocycles. The average molecular weight is 318 g/mol. The second-order valence-corrected chi connectivity index (χ2v) is 5.52. The fraction of sp³-hybridized carbons (Fsp3) is 0.118. The molecule has 0 unspecified atom stereocenters. The first-order chi connectivity index (χ1) is 10.1. The van der Waals surface area contributed by atoms with Gasteiger partial charge in [0.1, 0.15) is 5.75 Å². The van der Waals surface area contributed by atoms with Crippen LogP contribution in [0.15, 0.2) is 42.5 Å². The number of halogens is 2. The molecule has 4 heteroatoms. The highest BCUT2D eigenvalue weighted by atomic mass is 35.5. The quantitative estimate of drug-likeness (QED) is 0.620. The summed E-state index contributed by atoms with van der Waals surface area (Å²) in [6.45, 7) is 1.96. The van der Waals surface area contributed by atoms with E-state index in [0.717, 1.165) is 22.2 Å². The Morgan fingerprint density at radius 1 is 1.00 bits per heavy atom. The molecule has 2 nitrogen and oxygen atoms in total. The largest absolute Gasteiger partial charge is 0.496 e. The summed E-state index contributed by atoms with van der Waals surface area (Å²) in [5, 5.41) is 1.94. The Hall–Kier alpha value is -1.77. The maximum atomic E-state index is 6.56. The molecule has 0 saturated carbocycles. The van der Waals surface area contributed by atoms with Gasteiger partial charge in [-0.15, -0.1) is 0 Å². The van der Waals surface area contributed by atoms with E-state index in [1.165, 1.54) is 0 Å². The van der Waals surface area contributed by atoms with Crippen LogP contribution in [0.4, 0.5) is 0 Å². The van der Waals surface area contributed by atoms with Gasteiger partial charge in [-0.25, -0.2) is 4.98 Å². The van der Waals surface area contributed by atoms with Gasteiger partial charge in [-0.05, 0) is 24.6 Å². The average Bonchev–Trinajstić information content (AvgIpc) is 2.52. The summed E-state index contributed by atoms with van der Waals surface area (Å²) >= 11 is 12.9. The molecule has 0 spiro atoms. The highest BCUT2D eigenvalue weighted by molar-refractivity contribution is 6.40. The van der Waals surface area contributed by atoms with Crippen LogP contribution in [-0.4, -0.2) is 12.1 Å². The zero-order valence-electron chi connectivity index (χ0n) is 11.7. The lowest BCUT2D eigenvalue weighted by atomic mass is 10.0. The van der Waals surface area contributed by atoms with Crippen LogP contribution in [0.25, 0.3) is 22.2 Å². The topological polar surface area (TPSA) is 22.1 Å². The van der Waals surface area contributed by atoms with Crippen LogP contribution < -0.4 is 4.74 Å². The first-order valence-corrected chi connectivity index (χ1v) is 7.26.